The van der Waals surface area contributed by atoms with Gasteiger partial charge in [-0.15, -0.1) is 10.2 Å². The van der Waals surface area contributed by atoms with E-state index in [4.69, 9.17) is 0 Å². The topological polar surface area (TPSA) is 106 Å². The zero-order valence-electron chi connectivity index (χ0n) is 11.3. The fraction of sp³-hybridized carbons (Fsp3) is 0.167. The first-order valence-corrected chi connectivity index (χ1v) is 7.93. The van der Waals surface area contributed by atoms with E-state index in [1.54, 1.807) is 36.1 Å². The lowest BCUT2D eigenvalue weighted by atomic mass is 10.0. The molecule has 1 aromatic carbocycles. The second kappa shape index (κ2) is 4.77. The summed E-state index contributed by atoms with van der Waals surface area (Å²) < 4.78 is 25.7. The lowest BCUT2D eigenvalue weighted by Crippen LogP contribution is -2.03. The van der Waals surface area contributed by atoms with Crippen LogP contribution in [-0.2, 0) is 16.9 Å². The fourth-order valence-corrected chi connectivity index (χ4v) is 3.01. The van der Waals surface area contributed by atoms with E-state index in [2.05, 4.69) is 25.7 Å². The first kappa shape index (κ1) is 13.4. The van der Waals surface area contributed by atoms with E-state index in [0.29, 0.717) is 16.8 Å². The van der Waals surface area contributed by atoms with E-state index in [1.807, 2.05) is 0 Å². The molecule has 0 aliphatic heterocycles. The highest BCUT2D eigenvalue weighted by Gasteiger charge is 2.22. The van der Waals surface area contributed by atoms with Gasteiger partial charge in [-0.1, -0.05) is 12.1 Å². The molecule has 0 aliphatic rings. The summed E-state index contributed by atoms with van der Waals surface area (Å²) in [7, 11) is -1.65. The third kappa shape index (κ3) is 2.42. The summed E-state index contributed by atoms with van der Waals surface area (Å²) in [5.41, 5.74) is 1.68. The molecule has 0 bridgehead atoms. The molecular weight excluding hydrogens is 292 g/mol. The van der Waals surface area contributed by atoms with Crippen LogP contribution < -0.4 is 0 Å². The van der Waals surface area contributed by atoms with E-state index in [9.17, 15) is 8.42 Å². The second-order valence-corrected chi connectivity index (χ2v) is 6.55. The van der Waals surface area contributed by atoms with Crippen LogP contribution >= 0.6 is 0 Å². The van der Waals surface area contributed by atoms with E-state index < -0.39 is 9.84 Å². The molecule has 2 heterocycles. The smallest absolute Gasteiger partial charge is 0.206 e. The highest BCUT2D eigenvalue weighted by Crippen LogP contribution is 2.34. The van der Waals surface area contributed by atoms with Gasteiger partial charge in [0.2, 0.25) is 5.82 Å². The summed E-state index contributed by atoms with van der Waals surface area (Å²) in [4.78, 5) is 0.145. The van der Waals surface area contributed by atoms with Gasteiger partial charge in [0, 0.05) is 25.1 Å². The zero-order valence-corrected chi connectivity index (χ0v) is 12.2. The minimum absolute atomic E-state index is 0.145. The van der Waals surface area contributed by atoms with Crippen molar-refractivity contribution in [2.75, 3.05) is 6.26 Å². The van der Waals surface area contributed by atoms with Gasteiger partial charge in [0.15, 0.2) is 9.84 Å². The molecule has 0 saturated heterocycles. The fourth-order valence-electron chi connectivity index (χ4n) is 2.11. The predicted molar refractivity (Wildman–Crippen MR) is 74.9 cm³/mol. The largest absolute Gasteiger partial charge is 0.275 e. The van der Waals surface area contributed by atoms with E-state index in [0.717, 1.165) is 6.26 Å². The van der Waals surface area contributed by atoms with Crippen LogP contribution in [-0.4, -0.2) is 45.1 Å². The summed E-state index contributed by atoms with van der Waals surface area (Å²) >= 11 is 0. The van der Waals surface area contributed by atoms with Gasteiger partial charge in [0.25, 0.3) is 0 Å². The van der Waals surface area contributed by atoms with E-state index in [-0.39, 0.29) is 10.7 Å². The van der Waals surface area contributed by atoms with Gasteiger partial charge in [-0.3, -0.25) is 4.68 Å². The molecule has 0 fully saturated rings. The molecule has 3 rings (SSSR count). The molecular formula is C12H12N6O2S. The number of nitrogens with zero attached hydrogens (tertiary/aromatic N) is 5. The molecule has 0 atom stereocenters. The predicted octanol–water partition coefficient (Wildman–Crippen LogP) is 0.671. The minimum atomic E-state index is -3.44. The van der Waals surface area contributed by atoms with Crippen molar-refractivity contribution < 1.29 is 8.42 Å². The molecule has 21 heavy (non-hydrogen) atoms. The number of sulfone groups is 1. The quantitative estimate of drug-likeness (QED) is 0.762. The van der Waals surface area contributed by atoms with Crippen LogP contribution in [0.1, 0.15) is 0 Å². The molecule has 0 amide bonds. The number of benzene rings is 1. The molecule has 9 heteroatoms. The average Bonchev–Trinajstić information content (AvgIpc) is 3.07. The Balaban J connectivity index is 2.36. The van der Waals surface area contributed by atoms with E-state index >= 15 is 0 Å². The van der Waals surface area contributed by atoms with Crippen LogP contribution in [0.4, 0.5) is 0 Å². The molecule has 0 unspecified atom stereocenters. The molecule has 0 spiro atoms. The Labute approximate surface area is 120 Å². The van der Waals surface area contributed by atoms with Crippen LogP contribution in [0.3, 0.4) is 0 Å². The van der Waals surface area contributed by atoms with Crippen LogP contribution in [0.15, 0.2) is 35.4 Å². The molecule has 108 valence electrons. The molecule has 8 nitrogen and oxygen atoms in total. The van der Waals surface area contributed by atoms with Gasteiger partial charge in [-0.05, 0) is 17.3 Å². The standard InChI is InChI=1S/C12H12N6O2S/c1-18-7-6-9(15-18)8-4-3-5-10(21(2,19)20)11(8)12-13-16-17-14-12/h3-7H,1-2H3,(H,13,14,16,17). The van der Waals surface area contributed by atoms with E-state index in [1.165, 1.54) is 6.07 Å². The van der Waals surface area contributed by atoms with Crippen molar-refractivity contribution in [2.45, 2.75) is 4.90 Å². The Morgan fingerprint density at radius 1 is 1.24 bits per heavy atom. The van der Waals surface area contributed by atoms with Gasteiger partial charge in [0.1, 0.15) is 0 Å². The Morgan fingerprint density at radius 3 is 2.62 bits per heavy atom. The van der Waals surface area contributed by atoms with Gasteiger partial charge >= 0.3 is 0 Å². The zero-order chi connectivity index (χ0) is 15.0. The number of hydrogen-bond donors (Lipinski definition) is 1. The maximum Gasteiger partial charge on any atom is 0.206 e. The van der Waals surface area contributed by atoms with Gasteiger partial charge in [-0.2, -0.15) is 10.3 Å². The second-order valence-electron chi connectivity index (χ2n) is 4.56. The van der Waals surface area contributed by atoms with Crippen molar-refractivity contribution in [3.05, 3.63) is 30.5 Å². The third-order valence-electron chi connectivity index (χ3n) is 2.98. The maximum absolute atomic E-state index is 12.0. The summed E-state index contributed by atoms with van der Waals surface area (Å²) in [6.07, 6.45) is 2.93. The average molecular weight is 304 g/mol. The SMILES string of the molecule is Cn1ccc(-c2cccc(S(C)(=O)=O)c2-c2nn[nH]n2)n1. The van der Waals surface area contributed by atoms with Crippen molar-refractivity contribution in [3.63, 3.8) is 0 Å². The lowest BCUT2D eigenvalue weighted by molar-refractivity contribution is 0.602. The summed E-state index contributed by atoms with van der Waals surface area (Å²) in [5.74, 6) is 0.219. The molecule has 0 saturated carbocycles. The third-order valence-corrected chi connectivity index (χ3v) is 4.12. The summed E-state index contributed by atoms with van der Waals surface area (Å²) in [6, 6.07) is 6.77. The number of tetrazole rings is 1. The first-order chi connectivity index (χ1) is 9.97. The Kier molecular flexibility index (Phi) is 3.05. The van der Waals surface area contributed by atoms with Gasteiger partial charge in [0.05, 0.1) is 16.2 Å². The van der Waals surface area contributed by atoms with Crippen LogP contribution in [0.25, 0.3) is 22.6 Å². The number of hydrogen-bond acceptors (Lipinski definition) is 6. The van der Waals surface area contributed by atoms with Crippen LogP contribution in [0.5, 0.6) is 0 Å². The lowest BCUT2D eigenvalue weighted by Gasteiger charge is -2.09. The molecule has 0 radical (unpaired) electrons. The number of aromatic amines is 1. The minimum Gasteiger partial charge on any atom is -0.275 e. The van der Waals surface area contributed by atoms with Crippen LogP contribution in [0, 0.1) is 0 Å². The van der Waals surface area contributed by atoms with Crippen molar-refractivity contribution in [2.24, 2.45) is 7.05 Å². The Morgan fingerprint density at radius 2 is 2.05 bits per heavy atom. The first-order valence-electron chi connectivity index (χ1n) is 6.04. The molecule has 1 N–H and O–H groups in total. The maximum atomic E-state index is 12.0. The van der Waals surface area contributed by atoms with Crippen molar-refractivity contribution in [3.8, 4) is 22.6 Å². The summed E-state index contributed by atoms with van der Waals surface area (Å²) in [6.45, 7) is 0. The van der Waals surface area contributed by atoms with Crippen molar-refractivity contribution in [1.82, 2.24) is 30.4 Å². The number of rotatable bonds is 3. The number of aromatic nitrogens is 6. The highest BCUT2D eigenvalue weighted by molar-refractivity contribution is 7.90. The van der Waals surface area contributed by atoms with Crippen molar-refractivity contribution in [1.29, 1.82) is 0 Å². The molecule has 3 aromatic rings. The van der Waals surface area contributed by atoms with Gasteiger partial charge in [-0.25, -0.2) is 8.42 Å². The number of nitrogens with one attached hydrogen (secondary N) is 1. The molecule has 0 aliphatic carbocycles. The van der Waals surface area contributed by atoms with Gasteiger partial charge < -0.3 is 0 Å². The van der Waals surface area contributed by atoms with Crippen LogP contribution in [0.2, 0.25) is 0 Å². The number of H-pyrrole nitrogens is 1. The number of aryl methyl sites for hydroxylation is 1. The van der Waals surface area contributed by atoms with Crippen molar-refractivity contribution >= 4 is 9.84 Å². The normalized spacial score (nSPS) is 11.7. The Bertz CT molecular complexity index is 882. The Hall–Kier alpha value is -2.55. The highest BCUT2D eigenvalue weighted by atomic mass is 32.2. The molecule has 2 aromatic heterocycles. The monoisotopic (exact) mass is 304 g/mol. The summed E-state index contributed by atoms with van der Waals surface area (Å²) in [5, 5.41) is 18.0.